The summed E-state index contributed by atoms with van der Waals surface area (Å²) in [6.07, 6.45) is 3.86. The van der Waals surface area contributed by atoms with Crippen molar-refractivity contribution in [3.63, 3.8) is 0 Å². The first-order valence-corrected chi connectivity index (χ1v) is 12.6. The average Bonchev–Trinajstić information content (AvgIpc) is 3.61. The highest BCUT2D eigenvalue weighted by Crippen LogP contribution is 2.42. The SMILES string of the molecule is Cc1cccc(C2c3cccn3-c3ccccc3N2C(=O)CN(C(=O)c2ccc(Cl)cc2)C2CC2)c1. The van der Waals surface area contributed by atoms with Gasteiger partial charge in [0.1, 0.15) is 12.6 Å². The Labute approximate surface area is 215 Å². The van der Waals surface area contributed by atoms with E-state index in [0.717, 1.165) is 41.0 Å². The molecule has 1 atom stereocenters. The first-order valence-electron chi connectivity index (χ1n) is 12.2. The zero-order valence-electron chi connectivity index (χ0n) is 20.0. The number of fused-ring (bicyclic) bond motifs is 3. The lowest BCUT2D eigenvalue weighted by Crippen LogP contribution is -2.47. The number of amides is 2. The molecule has 36 heavy (non-hydrogen) atoms. The first-order chi connectivity index (χ1) is 17.5. The number of para-hydroxylation sites is 2. The maximum atomic E-state index is 14.2. The van der Waals surface area contributed by atoms with Gasteiger partial charge in [-0.15, -0.1) is 0 Å². The van der Waals surface area contributed by atoms with Gasteiger partial charge in [0.05, 0.1) is 17.1 Å². The van der Waals surface area contributed by atoms with E-state index in [2.05, 4.69) is 35.8 Å². The summed E-state index contributed by atoms with van der Waals surface area (Å²) in [6, 6.07) is 27.0. The number of carbonyl (C=O) groups is 2. The highest BCUT2D eigenvalue weighted by molar-refractivity contribution is 6.30. The maximum Gasteiger partial charge on any atom is 0.254 e. The van der Waals surface area contributed by atoms with Gasteiger partial charge in [0.2, 0.25) is 5.91 Å². The molecule has 1 saturated carbocycles. The van der Waals surface area contributed by atoms with E-state index in [4.69, 9.17) is 11.6 Å². The van der Waals surface area contributed by atoms with Crippen LogP contribution in [0, 0.1) is 6.92 Å². The molecule has 3 aromatic carbocycles. The third-order valence-corrected chi connectivity index (χ3v) is 7.24. The van der Waals surface area contributed by atoms with Gasteiger partial charge in [-0.2, -0.15) is 0 Å². The summed E-state index contributed by atoms with van der Waals surface area (Å²) in [5.74, 6) is -0.237. The number of nitrogens with zero attached hydrogens (tertiary/aromatic N) is 3. The number of anilines is 1. The number of hydrogen-bond donors (Lipinski definition) is 0. The molecule has 180 valence electrons. The minimum Gasteiger partial charge on any atom is -0.326 e. The van der Waals surface area contributed by atoms with Crippen LogP contribution < -0.4 is 4.90 Å². The van der Waals surface area contributed by atoms with Crippen LogP contribution in [0.25, 0.3) is 5.69 Å². The number of aryl methyl sites for hydroxylation is 1. The van der Waals surface area contributed by atoms with E-state index in [9.17, 15) is 9.59 Å². The Balaban J connectivity index is 1.41. The number of rotatable bonds is 5. The van der Waals surface area contributed by atoms with Gasteiger partial charge in [0.15, 0.2) is 0 Å². The number of carbonyl (C=O) groups excluding carboxylic acids is 2. The molecular formula is C30H26ClN3O2. The van der Waals surface area contributed by atoms with Crippen molar-refractivity contribution in [1.82, 2.24) is 9.47 Å². The summed E-state index contributed by atoms with van der Waals surface area (Å²) in [6.45, 7) is 2.08. The van der Waals surface area contributed by atoms with E-state index in [1.807, 2.05) is 47.5 Å². The lowest BCUT2D eigenvalue weighted by molar-refractivity contribution is -0.119. The van der Waals surface area contributed by atoms with Crippen LogP contribution in [0.3, 0.4) is 0 Å². The summed E-state index contributed by atoms with van der Waals surface area (Å²) in [5, 5.41) is 0.578. The first kappa shape index (κ1) is 22.6. The van der Waals surface area contributed by atoms with E-state index < -0.39 is 0 Å². The van der Waals surface area contributed by atoms with E-state index >= 15 is 0 Å². The molecule has 0 bridgehead atoms. The molecule has 1 aliphatic heterocycles. The number of hydrogen-bond acceptors (Lipinski definition) is 2. The Bertz CT molecular complexity index is 1460. The summed E-state index contributed by atoms with van der Waals surface area (Å²) >= 11 is 6.03. The van der Waals surface area contributed by atoms with E-state index in [1.165, 1.54) is 0 Å². The second kappa shape index (κ2) is 8.99. The predicted octanol–water partition coefficient (Wildman–Crippen LogP) is 6.18. The molecule has 1 unspecified atom stereocenters. The minimum absolute atomic E-state index is 0.0173. The Morgan fingerprint density at radius 2 is 1.67 bits per heavy atom. The number of aromatic nitrogens is 1. The Morgan fingerprint density at radius 1 is 0.917 bits per heavy atom. The van der Waals surface area contributed by atoms with Gasteiger partial charge in [-0.25, -0.2) is 0 Å². The second-order valence-electron chi connectivity index (χ2n) is 9.54. The molecule has 0 N–H and O–H groups in total. The van der Waals surface area contributed by atoms with Crippen LogP contribution >= 0.6 is 11.6 Å². The van der Waals surface area contributed by atoms with Crippen molar-refractivity contribution in [3.8, 4) is 5.69 Å². The van der Waals surface area contributed by atoms with Crippen molar-refractivity contribution in [2.75, 3.05) is 11.4 Å². The third-order valence-electron chi connectivity index (χ3n) is 6.99. The van der Waals surface area contributed by atoms with Crippen LogP contribution in [-0.2, 0) is 4.79 Å². The highest BCUT2D eigenvalue weighted by Gasteiger charge is 2.40. The van der Waals surface area contributed by atoms with Gasteiger partial charge in [-0.05, 0) is 73.9 Å². The van der Waals surface area contributed by atoms with Crippen molar-refractivity contribution in [3.05, 3.63) is 119 Å². The minimum atomic E-state index is -0.297. The molecule has 1 aromatic heterocycles. The zero-order valence-corrected chi connectivity index (χ0v) is 20.7. The Morgan fingerprint density at radius 3 is 2.39 bits per heavy atom. The summed E-state index contributed by atoms with van der Waals surface area (Å²) < 4.78 is 2.16. The van der Waals surface area contributed by atoms with Gasteiger partial charge in [0, 0.05) is 22.8 Å². The van der Waals surface area contributed by atoms with Crippen LogP contribution in [0.15, 0.2) is 91.1 Å². The summed E-state index contributed by atoms with van der Waals surface area (Å²) in [7, 11) is 0. The van der Waals surface area contributed by atoms with Gasteiger partial charge in [-0.3, -0.25) is 14.5 Å². The largest absolute Gasteiger partial charge is 0.326 e. The molecule has 0 spiro atoms. The average molecular weight is 496 g/mol. The van der Waals surface area contributed by atoms with Crippen LogP contribution in [0.1, 0.15) is 46.1 Å². The van der Waals surface area contributed by atoms with Crippen LogP contribution in [-0.4, -0.2) is 33.9 Å². The molecule has 6 rings (SSSR count). The topological polar surface area (TPSA) is 45.6 Å². The predicted molar refractivity (Wildman–Crippen MR) is 142 cm³/mol. The van der Waals surface area contributed by atoms with Crippen molar-refractivity contribution >= 4 is 29.1 Å². The number of benzene rings is 3. The fraction of sp³-hybridized carbons (Fsp3) is 0.200. The molecule has 6 heteroatoms. The molecule has 2 heterocycles. The molecule has 1 aliphatic carbocycles. The lowest BCUT2D eigenvalue weighted by Gasteiger charge is -2.39. The third kappa shape index (κ3) is 3.99. The van der Waals surface area contributed by atoms with Crippen LogP contribution in [0.4, 0.5) is 5.69 Å². The van der Waals surface area contributed by atoms with E-state index in [-0.39, 0.29) is 30.4 Å². The van der Waals surface area contributed by atoms with Gasteiger partial charge < -0.3 is 9.47 Å². The summed E-state index contributed by atoms with van der Waals surface area (Å²) in [4.78, 5) is 31.3. The molecule has 5 nitrogen and oxygen atoms in total. The molecule has 1 fully saturated rings. The van der Waals surface area contributed by atoms with Gasteiger partial charge in [-0.1, -0.05) is 53.6 Å². The Hall–Kier alpha value is -3.83. The quantitative estimate of drug-likeness (QED) is 0.332. The van der Waals surface area contributed by atoms with Gasteiger partial charge in [0.25, 0.3) is 5.91 Å². The van der Waals surface area contributed by atoms with Crippen molar-refractivity contribution in [2.24, 2.45) is 0 Å². The summed E-state index contributed by atoms with van der Waals surface area (Å²) in [5.41, 5.74) is 5.54. The smallest absolute Gasteiger partial charge is 0.254 e. The van der Waals surface area contributed by atoms with Crippen LogP contribution in [0.5, 0.6) is 0 Å². The fourth-order valence-electron chi connectivity index (χ4n) is 5.15. The van der Waals surface area contributed by atoms with E-state index in [0.29, 0.717) is 10.6 Å². The molecule has 4 aromatic rings. The van der Waals surface area contributed by atoms with Crippen molar-refractivity contribution < 1.29 is 9.59 Å². The molecule has 0 saturated heterocycles. The second-order valence-corrected chi connectivity index (χ2v) is 9.98. The Kier molecular flexibility index (Phi) is 5.65. The highest BCUT2D eigenvalue weighted by atomic mass is 35.5. The standard InChI is InChI=1S/C30H26ClN3O2/c1-20-6-4-7-22(18-20)29-27-10-5-17-32(27)25-8-2-3-9-26(25)34(29)28(35)19-33(24-15-16-24)30(36)21-11-13-23(31)14-12-21/h2-14,17-18,24,29H,15-16,19H2,1H3. The van der Waals surface area contributed by atoms with Crippen LogP contribution in [0.2, 0.25) is 5.02 Å². The van der Waals surface area contributed by atoms with Crippen molar-refractivity contribution in [1.29, 1.82) is 0 Å². The number of halogens is 1. The zero-order chi connectivity index (χ0) is 24.8. The van der Waals surface area contributed by atoms with E-state index in [1.54, 1.807) is 29.2 Å². The lowest BCUT2D eigenvalue weighted by atomic mass is 9.96. The molecule has 0 radical (unpaired) electrons. The normalized spacial score (nSPS) is 16.3. The molecule has 2 amide bonds. The monoisotopic (exact) mass is 495 g/mol. The van der Waals surface area contributed by atoms with Gasteiger partial charge >= 0.3 is 0 Å². The maximum absolute atomic E-state index is 14.2. The fourth-order valence-corrected chi connectivity index (χ4v) is 5.28. The van der Waals surface area contributed by atoms with Crippen molar-refractivity contribution in [2.45, 2.75) is 31.8 Å². The molecular weight excluding hydrogens is 470 g/mol. The molecule has 2 aliphatic rings.